The van der Waals surface area contributed by atoms with E-state index < -0.39 is 23.5 Å². The normalized spacial score (nSPS) is 12.2. The molecule has 0 amide bonds. The van der Waals surface area contributed by atoms with E-state index in [9.17, 15) is 13.2 Å². The number of hydrogen-bond donors (Lipinski definition) is 1. The minimum absolute atomic E-state index is 0.0299. The van der Waals surface area contributed by atoms with E-state index >= 15 is 0 Å². The van der Waals surface area contributed by atoms with Crippen molar-refractivity contribution in [2.24, 2.45) is 0 Å². The van der Waals surface area contributed by atoms with Crippen LogP contribution in [0.4, 0.5) is 13.2 Å². The van der Waals surface area contributed by atoms with Crippen LogP contribution in [-0.2, 0) is 0 Å². The maximum Gasteiger partial charge on any atom is 0.194 e. The van der Waals surface area contributed by atoms with Gasteiger partial charge in [-0.25, -0.2) is 13.2 Å². The minimum atomic E-state index is -1.47. The fraction of sp³-hybridized carbons (Fsp3) is 0.200. The lowest BCUT2D eigenvalue weighted by Crippen LogP contribution is -2.25. The highest BCUT2D eigenvalue weighted by Gasteiger charge is 2.20. The van der Waals surface area contributed by atoms with E-state index in [0.717, 1.165) is 6.07 Å². The van der Waals surface area contributed by atoms with Gasteiger partial charge in [-0.1, -0.05) is 24.3 Å². The first-order chi connectivity index (χ1) is 9.63. The SMILES string of the molecule is CNC(COc1ccccc1)c1ccc(F)c(F)c1F. The number of benzene rings is 2. The number of ether oxygens (including phenoxy) is 1. The van der Waals surface area contributed by atoms with Gasteiger partial charge in [0.25, 0.3) is 0 Å². The Morgan fingerprint density at radius 2 is 1.70 bits per heavy atom. The average Bonchev–Trinajstić information content (AvgIpc) is 2.48. The molecule has 0 fully saturated rings. The Labute approximate surface area is 115 Å². The van der Waals surface area contributed by atoms with Gasteiger partial charge in [-0.3, -0.25) is 0 Å². The first kappa shape index (κ1) is 14.4. The number of likely N-dealkylation sites (N-methyl/N-ethyl adjacent to an activating group) is 1. The summed E-state index contributed by atoms with van der Waals surface area (Å²) in [4.78, 5) is 0. The average molecular weight is 281 g/mol. The fourth-order valence-electron chi connectivity index (χ4n) is 1.83. The third-order valence-electron chi connectivity index (χ3n) is 2.95. The summed E-state index contributed by atoms with van der Waals surface area (Å²) in [5.74, 6) is -3.25. The lowest BCUT2D eigenvalue weighted by Gasteiger charge is -2.18. The van der Waals surface area contributed by atoms with Crippen LogP contribution >= 0.6 is 0 Å². The molecular weight excluding hydrogens is 267 g/mol. The van der Waals surface area contributed by atoms with E-state index in [1.807, 2.05) is 18.2 Å². The van der Waals surface area contributed by atoms with Crippen molar-refractivity contribution in [1.29, 1.82) is 0 Å². The van der Waals surface area contributed by atoms with Gasteiger partial charge in [-0.2, -0.15) is 0 Å². The summed E-state index contributed by atoms with van der Waals surface area (Å²) in [5.41, 5.74) is 0.0299. The fourth-order valence-corrected chi connectivity index (χ4v) is 1.83. The Hall–Kier alpha value is -2.01. The van der Waals surface area contributed by atoms with Gasteiger partial charge in [0.1, 0.15) is 12.4 Å². The molecule has 2 aromatic carbocycles. The van der Waals surface area contributed by atoms with Gasteiger partial charge in [-0.05, 0) is 25.2 Å². The summed E-state index contributed by atoms with van der Waals surface area (Å²) in [6.07, 6.45) is 0. The number of hydrogen-bond acceptors (Lipinski definition) is 2. The molecule has 106 valence electrons. The molecule has 0 bridgehead atoms. The molecule has 1 atom stereocenters. The van der Waals surface area contributed by atoms with E-state index in [2.05, 4.69) is 5.32 Å². The molecule has 0 aliphatic heterocycles. The van der Waals surface area contributed by atoms with Crippen LogP contribution in [0.2, 0.25) is 0 Å². The molecule has 0 aromatic heterocycles. The van der Waals surface area contributed by atoms with Crippen LogP contribution in [0.3, 0.4) is 0 Å². The third kappa shape index (κ3) is 3.11. The molecule has 5 heteroatoms. The first-order valence-corrected chi connectivity index (χ1v) is 6.12. The Bertz CT molecular complexity index is 575. The summed E-state index contributed by atoms with van der Waals surface area (Å²) in [6.45, 7) is 0.0997. The van der Waals surface area contributed by atoms with Crippen LogP contribution in [0.1, 0.15) is 11.6 Å². The van der Waals surface area contributed by atoms with Gasteiger partial charge in [0, 0.05) is 5.56 Å². The lowest BCUT2D eigenvalue weighted by atomic mass is 10.1. The molecule has 0 aliphatic rings. The van der Waals surface area contributed by atoms with Crippen LogP contribution < -0.4 is 10.1 Å². The first-order valence-electron chi connectivity index (χ1n) is 6.12. The zero-order valence-corrected chi connectivity index (χ0v) is 10.9. The Morgan fingerprint density at radius 3 is 2.35 bits per heavy atom. The van der Waals surface area contributed by atoms with Crippen molar-refractivity contribution in [3.8, 4) is 5.75 Å². The molecule has 2 aromatic rings. The van der Waals surface area contributed by atoms with Crippen molar-refractivity contribution < 1.29 is 17.9 Å². The molecule has 1 unspecified atom stereocenters. The number of halogens is 3. The Balaban J connectivity index is 2.15. The highest BCUT2D eigenvalue weighted by Crippen LogP contribution is 2.22. The quantitative estimate of drug-likeness (QED) is 0.848. The molecule has 2 nitrogen and oxygen atoms in total. The standard InChI is InChI=1S/C15H14F3NO/c1-19-13(9-20-10-5-3-2-4-6-10)11-7-8-12(16)15(18)14(11)17/h2-8,13,19H,9H2,1H3. The maximum absolute atomic E-state index is 13.7. The summed E-state index contributed by atoms with van der Waals surface area (Å²) >= 11 is 0. The smallest absolute Gasteiger partial charge is 0.194 e. The molecule has 0 spiro atoms. The van der Waals surface area contributed by atoms with Crippen molar-refractivity contribution in [3.63, 3.8) is 0 Å². The second-order valence-corrected chi connectivity index (χ2v) is 4.23. The lowest BCUT2D eigenvalue weighted by molar-refractivity contribution is 0.268. The third-order valence-corrected chi connectivity index (χ3v) is 2.95. The maximum atomic E-state index is 13.7. The highest BCUT2D eigenvalue weighted by atomic mass is 19.2. The number of rotatable bonds is 5. The molecule has 0 heterocycles. The zero-order valence-electron chi connectivity index (χ0n) is 10.9. The van der Waals surface area contributed by atoms with Gasteiger partial charge < -0.3 is 10.1 Å². The van der Waals surface area contributed by atoms with Crippen molar-refractivity contribution in [1.82, 2.24) is 5.32 Å². The van der Waals surface area contributed by atoms with Crippen LogP contribution in [0, 0.1) is 17.5 Å². The Kier molecular flexibility index (Phi) is 4.63. The summed E-state index contributed by atoms with van der Waals surface area (Å²) < 4.78 is 45.4. The predicted molar refractivity (Wildman–Crippen MR) is 70.1 cm³/mol. The zero-order chi connectivity index (χ0) is 14.5. The topological polar surface area (TPSA) is 21.3 Å². The van der Waals surface area contributed by atoms with E-state index in [1.165, 1.54) is 6.07 Å². The molecule has 2 rings (SSSR count). The molecule has 0 saturated carbocycles. The summed E-state index contributed by atoms with van der Waals surface area (Å²) in [5, 5.41) is 2.82. The van der Waals surface area contributed by atoms with Crippen LogP contribution in [0.5, 0.6) is 5.75 Å². The summed E-state index contributed by atoms with van der Waals surface area (Å²) in [6, 6.07) is 10.5. The molecular formula is C15H14F3NO. The molecule has 0 radical (unpaired) electrons. The molecule has 0 saturated heterocycles. The second kappa shape index (κ2) is 6.43. The van der Waals surface area contributed by atoms with Crippen molar-refractivity contribution >= 4 is 0 Å². The van der Waals surface area contributed by atoms with Gasteiger partial charge in [0.05, 0.1) is 6.04 Å². The number of nitrogens with one attached hydrogen (secondary N) is 1. The largest absolute Gasteiger partial charge is 0.492 e. The van der Waals surface area contributed by atoms with Gasteiger partial charge in [0.2, 0.25) is 0 Å². The van der Waals surface area contributed by atoms with E-state index in [1.54, 1.807) is 19.2 Å². The highest BCUT2D eigenvalue weighted by molar-refractivity contribution is 5.25. The molecule has 0 aliphatic carbocycles. The molecule has 20 heavy (non-hydrogen) atoms. The van der Waals surface area contributed by atoms with Crippen molar-refractivity contribution in [2.75, 3.05) is 13.7 Å². The van der Waals surface area contributed by atoms with Crippen LogP contribution in [-0.4, -0.2) is 13.7 Å². The van der Waals surface area contributed by atoms with Crippen molar-refractivity contribution in [3.05, 3.63) is 65.5 Å². The van der Waals surface area contributed by atoms with Gasteiger partial charge in [0.15, 0.2) is 17.5 Å². The van der Waals surface area contributed by atoms with E-state index in [0.29, 0.717) is 5.75 Å². The van der Waals surface area contributed by atoms with Crippen LogP contribution in [0.25, 0.3) is 0 Å². The second-order valence-electron chi connectivity index (χ2n) is 4.23. The Morgan fingerprint density at radius 1 is 1.00 bits per heavy atom. The monoisotopic (exact) mass is 281 g/mol. The van der Waals surface area contributed by atoms with E-state index in [4.69, 9.17) is 4.74 Å². The van der Waals surface area contributed by atoms with E-state index in [-0.39, 0.29) is 12.2 Å². The minimum Gasteiger partial charge on any atom is -0.492 e. The molecule has 1 N–H and O–H groups in total. The number of para-hydroxylation sites is 1. The van der Waals surface area contributed by atoms with Gasteiger partial charge >= 0.3 is 0 Å². The van der Waals surface area contributed by atoms with Crippen molar-refractivity contribution in [2.45, 2.75) is 6.04 Å². The van der Waals surface area contributed by atoms with Gasteiger partial charge in [-0.15, -0.1) is 0 Å². The predicted octanol–water partition coefficient (Wildman–Crippen LogP) is 3.44. The van der Waals surface area contributed by atoms with Crippen LogP contribution in [0.15, 0.2) is 42.5 Å². The summed E-state index contributed by atoms with van der Waals surface area (Å²) in [7, 11) is 1.60.